The summed E-state index contributed by atoms with van der Waals surface area (Å²) >= 11 is 0. The van der Waals surface area contributed by atoms with Crippen LogP contribution in [0.4, 0.5) is 5.69 Å². The third kappa shape index (κ3) is 4.57. The second kappa shape index (κ2) is 8.21. The van der Waals surface area contributed by atoms with Gasteiger partial charge in [0.2, 0.25) is 15.9 Å². The molecule has 0 saturated carbocycles. The predicted octanol–water partition coefficient (Wildman–Crippen LogP) is 3.07. The van der Waals surface area contributed by atoms with E-state index in [1.165, 1.54) is 12.1 Å². The van der Waals surface area contributed by atoms with E-state index in [9.17, 15) is 13.2 Å². The summed E-state index contributed by atoms with van der Waals surface area (Å²) in [5.41, 5.74) is 3.34. The van der Waals surface area contributed by atoms with Crippen molar-refractivity contribution in [3.05, 3.63) is 72.3 Å². The summed E-state index contributed by atoms with van der Waals surface area (Å²) in [7, 11) is -2.25. The fourth-order valence-corrected chi connectivity index (χ4v) is 3.86. The van der Waals surface area contributed by atoms with Gasteiger partial charge < -0.3 is 10.1 Å². The molecular formula is C22H20N4O4S. The van der Waals surface area contributed by atoms with Gasteiger partial charge in [0, 0.05) is 16.6 Å². The molecule has 0 atom stereocenters. The number of H-pyrrole nitrogens is 1. The highest BCUT2D eigenvalue weighted by atomic mass is 32.2. The van der Waals surface area contributed by atoms with Crippen LogP contribution in [0.5, 0.6) is 5.75 Å². The largest absolute Gasteiger partial charge is 0.497 e. The van der Waals surface area contributed by atoms with Crippen LogP contribution in [-0.4, -0.2) is 31.6 Å². The minimum absolute atomic E-state index is 0.00361. The lowest BCUT2D eigenvalue weighted by molar-refractivity contribution is -0.115. The number of carbonyl (C=O) groups excluding carboxylic acids is 1. The van der Waals surface area contributed by atoms with Crippen molar-refractivity contribution < 1.29 is 17.9 Å². The quantitative estimate of drug-likeness (QED) is 0.428. The molecule has 0 radical (unpaired) electrons. The van der Waals surface area contributed by atoms with Crippen LogP contribution in [0.3, 0.4) is 0 Å². The number of fused-ring (bicyclic) bond motifs is 1. The second-order valence-corrected chi connectivity index (χ2v) is 8.54. The van der Waals surface area contributed by atoms with Crippen LogP contribution in [0.25, 0.3) is 22.2 Å². The molecule has 8 nitrogen and oxygen atoms in total. The molecule has 31 heavy (non-hydrogen) atoms. The highest BCUT2D eigenvalue weighted by Crippen LogP contribution is 2.29. The second-order valence-electron chi connectivity index (χ2n) is 6.98. The van der Waals surface area contributed by atoms with E-state index in [1.54, 1.807) is 37.4 Å². The van der Waals surface area contributed by atoms with Gasteiger partial charge in [0.25, 0.3) is 0 Å². The Bertz CT molecular complexity index is 1380. The maximum Gasteiger partial charge on any atom is 0.238 e. The van der Waals surface area contributed by atoms with Gasteiger partial charge in [-0.1, -0.05) is 24.3 Å². The molecule has 158 valence electrons. The summed E-state index contributed by atoms with van der Waals surface area (Å²) in [6.07, 6.45) is 0.198. The average Bonchev–Trinajstić information content (AvgIpc) is 3.16. The number of sulfonamides is 1. The Hall–Kier alpha value is -3.69. The van der Waals surface area contributed by atoms with E-state index in [-0.39, 0.29) is 17.2 Å². The van der Waals surface area contributed by atoms with Crippen molar-refractivity contribution >= 4 is 32.5 Å². The molecule has 0 fully saturated rings. The van der Waals surface area contributed by atoms with Gasteiger partial charge in [0.1, 0.15) is 11.4 Å². The Balaban J connectivity index is 1.60. The number of methoxy groups -OCH3 is 1. The minimum atomic E-state index is -3.83. The van der Waals surface area contributed by atoms with Crippen LogP contribution in [0.1, 0.15) is 5.56 Å². The molecule has 1 amide bonds. The number of rotatable bonds is 6. The van der Waals surface area contributed by atoms with E-state index in [1.807, 2.05) is 24.3 Å². The number of primary sulfonamides is 1. The van der Waals surface area contributed by atoms with Crippen LogP contribution in [-0.2, 0) is 21.2 Å². The Kier molecular flexibility index (Phi) is 5.45. The van der Waals surface area contributed by atoms with Crippen molar-refractivity contribution in [2.75, 3.05) is 12.4 Å². The highest BCUT2D eigenvalue weighted by molar-refractivity contribution is 7.89. The first-order chi connectivity index (χ1) is 14.8. The molecule has 0 unspecified atom stereocenters. The number of nitrogens with one attached hydrogen (secondary N) is 2. The Morgan fingerprint density at radius 1 is 1.10 bits per heavy atom. The van der Waals surface area contributed by atoms with E-state index in [0.717, 1.165) is 16.5 Å². The van der Waals surface area contributed by atoms with Crippen molar-refractivity contribution in [3.8, 4) is 17.0 Å². The van der Waals surface area contributed by atoms with Gasteiger partial charge in [0.05, 0.1) is 23.9 Å². The van der Waals surface area contributed by atoms with Crippen molar-refractivity contribution in [3.63, 3.8) is 0 Å². The monoisotopic (exact) mass is 436 g/mol. The molecule has 1 aromatic heterocycles. The summed E-state index contributed by atoms with van der Waals surface area (Å²) in [6.45, 7) is 0. The lowest BCUT2D eigenvalue weighted by atomic mass is 10.1. The van der Waals surface area contributed by atoms with E-state index in [4.69, 9.17) is 9.88 Å². The molecule has 0 aliphatic heterocycles. The highest BCUT2D eigenvalue weighted by Gasteiger charge is 2.14. The summed E-state index contributed by atoms with van der Waals surface area (Å²) in [5, 5.41) is 16.1. The zero-order valence-electron chi connectivity index (χ0n) is 16.6. The zero-order valence-corrected chi connectivity index (χ0v) is 17.4. The van der Waals surface area contributed by atoms with Gasteiger partial charge in [-0.2, -0.15) is 5.10 Å². The first kappa shape index (κ1) is 20.6. The van der Waals surface area contributed by atoms with Crippen molar-refractivity contribution in [2.45, 2.75) is 11.3 Å². The molecule has 0 bridgehead atoms. The Morgan fingerprint density at radius 3 is 2.68 bits per heavy atom. The van der Waals surface area contributed by atoms with Crippen LogP contribution < -0.4 is 15.2 Å². The number of hydrogen-bond donors (Lipinski definition) is 3. The fourth-order valence-electron chi connectivity index (χ4n) is 3.31. The number of anilines is 1. The first-order valence-corrected chi connectivity index (χ1v) is 10.9. The Morgan fingerprint density at radius 2 is 1.90 bits per heavy atom. The lowest BCUT2D eigenvalue weighted by Crippen LogP contribution is -2.14. The average molecular weight is 436 g/mol. The van der Waals surface area contributed by atoms with Gasteiger partial charge in [-0.3, -0.25) is 9.89 Å². The normalized spacial score (nSPS) is 11.4. The van der Waals surface area contributed by atoms with E-state index >= 15 is 0 Å². The third-order valence-corrected chi connectivity index (χ3v) is 5.69. The van der Waals surface area contributed by atoms with Crippen molar-refractivity contribution in [2.24, 2.45) is 5.14 Å². The van der Waals surface area contributed by atoms with Gasteiger partial charge in [-0.25, -0.2) is 13.6 Å². The maximum absolute atomic E-state index is 12.5. The molecule has 3 aromatic carbocycles. The molecule has 0 aliphatic carbocycles. The molecule has 4 rings (SSSR count). The predicted molar refractivity (Wildman–Crippen MR) is 118 cm³/mol. The lowest BCUT2D eigenvalue weighted by Gasteiger charge is -2.07. The van der Waals surface area contributed by atoms with E-state index in [2.05, 4.69) is 15.5 Å². The molecule has 0 aliphatic rings. The van der Waals surface area contributed by atoms with Crippen molar-refractivity contribution in [1.82, 2.24) is 10.2 Å². The number of hydrogen-bond acceptors (Lipinski definition) is 5. The number of carbonyl (C=O) groups is 1. The number of amides is 1. The minimum Gasteiger partial charge on any atom is -0.497 e. The van der Waals surface area contributed by atoms with Crippen molar-refractivity contribution in [1.29, 1.82) is 0 Å². The molecule has 4 aromatic rings. The smallest absolute Gasteiger partial charge is 0.238 e. The Labute approximate surface area is 179 Å². The third-order valence-electron chi connectivity index (χ3n) is 4.78. The number of aromatic nitrogens is 2. The molecular weight excluding hydrogens is 416 g/mol. The summed E-state index contributed by atoms with van der Waals surface area (Å²) in [4.78, 5) is 12.5. The molecule has 9 heteroatoms. The molecule has 0 spiro atoms. The van der Waals surface area contributed by atoms with Gasteiger partial charge >= 0.3 is 0 Å². The fraction of sp³-hybridized carbons (Fsp3) is 0.0909. The first-order valence-electron chi connectivity index (χ1n) is 9.37. The number of ether oxygens (including phenoxy) is 1. The summed E-state index contributed by atoms with van der Waals surface area (Å²) in [6, 6.07) is 19.0. The van der Waals surface area contributed by atoms with Crippen LogP contribution in [0.2, 0.25) is 0 Å². The van der Waals surface area contributed by atoms with E-state index in [0.29, 0.717) is 22.7 Å². The SMILES string of the molecule is COc1cccc(CC(=O)Nc2ccc3[nH]nc(-c4cccc(S(N)(=O)=O)c4)c3c2)c1. The van der Waals surface area contributed by atoms with Crippen LogP contribution in [0.15, 0.2) is 71.6 Å². The summed E-state index contributed by atoms with van der Waals surface area (Å²) < 4.78 is 28.5. The standard InChI is InChI=1S/C22H20N4O4S/c1-30-17-6-2-4-14(10-17)11-21(27)24-16-8-9-20-19(13-16)22(26-25-20)15-5-3-7-18(12-15)31(23,28)29/h2-10,12-13H,11H2,1H3,(H,24,27)(H,25,26)(H2,23,28,29). The maximum atomic E-state index is 12.5. The van der Waals surface area contributed by atoms with Crippen LogP contribution in [0, 0.1) is 0 Å². The summed E-state index contributed by atoms with van der Waals surface area (Å²) in [5.74, 6) is 0.519. The van der Waals surface area contributed by atoms with Gasteiger partial charge in [-0.15, -0.1) is 0 Å². The van der Waals surface area contributed by atoms with Crippen LogP contribution >= 0.6 is 0 Å². The van der Waals surface area contributed by atoms with E-state index < -0.39 is 10.0 Å². The zero-order chi connectivity index (χ0) is 22.0. The topological polar surface area (TPSA) is 127 Å². The van der Waals surface area contributed by atoms with Gasteiger partial charge in [-0.05, 0) is 48.0 Å². The molecule has 1 heterocycles. The number of aromatic amines is 1. The molecule has 0 saturated heterocycles. The van der Waals surface area contributed by atoms with Gasteiger partial charge in [0.15, 0.2) is 0 Å². The molecule has 4 N–H and O–H groups in total. The number of nitrogens with two attached hydrogens (primary N) is 1. The number of benzene rings is 3. The number of nitrogens with zero attached hydrogens (tertiary/aromatic N) is 1.